The summed E-state index contributed by atoms with van der Waals surface area (Å²) >= 11 is 0. The van der Waals surface area contributed by atoms with Crippen LogP contribution in [0.5, 0.6) is 0 Å². The van der Waals surface area contributed by atoms with Crippen molar-refractivity contribution in [1.29, 1.82) is 0 Å². The van der Waals surface area contributed by atoms with Crippen LogP contribution < -0.4 is 5.43 Å². The third kappa shape index (κ3) is 2.14. The minimum atomic E-state index is -1.18. The smallest absolute Gasteiger partial charge is 0.341 e. The predicted octanol–water partition coefficient (Wildman–Crippen LogP) is 2.98. The number of rotatable bonds is 3. The van der Waals surface area contributed by atoms with E-state index in [1.54, 1.807) is 12.1 Å². The largest absolute Gasteiger partial charge is 0.477 e. The molecule has 4 heteroatoms. The van der Waals surface area contributed by atoms with Gasteiger partial charge in [-0.1, -0.05) is 19.1 Å². The number of nitrogens with zero attached hydrogens (tertiary/aromatic N) is 1. The summed E-state index contributed by atoms with van der Waals surface area (Å²) in [5.41, 5.74) is 1.22. The lowest BCUT2D eigenvalue weighted by molar-refractivity contribution is 0.0694. The highest BCUT2D eigenvalue weighted by Crippen LogP contribution is 2.22. The molecule has 2 rings (SSSR count). The number of hydrogen-bond acceptors (Lipinski definition) is 2. The first-order valence-corrected chi connectivity index (χ1v) is 6.35. The first-order chi connectivity index (χ1) is 8.97. The average Bonchev–Trinajstić information content (AvgIpc) is 2.38. The van der Waals surface area contributed by atoms with Crippen LogP contribution in [0.1, 0.15) is 42.2 Å². The average molecular weight is 259 g/mol. The number of carboxylic acid groups (broad SMARTS) is 1. The Labute approximate surface area is 111 Å². The molecule has 0 aliphatic heterocycles. The molecule has 0 bridgehead atoms. The summed E-state index contributed by atoms with van der Waals surface area (Å²) in [6.45, 7) is 5.98. The Hall–Kier alpha value is -2.10. The maximum absolute atomic E-state index is 12.2. The van der Waals surface area contributed by atoms with E-state index in [2.05, 4.69) is 0 Å². The van der Waals surface area contributed by atoms with Gasteiger partial charge >= 0.3 is 5.97 Å². The molecule has 0 saturated heterocycles. The highest BCUT2D eigenvalue weighted by molar-refractivity contribution is 5.93. The van der Waals surface area contributed by atoms with E-state index in [1.807, 2.05) is 31.4 Å². The molecule has 0 fully saturated rings. The number of aromatic nitrogens is 1. The first-order valence-electron chi connectivity index (χ1n) is 6.35. The second-order valence-electron chi connectivity index (χ2n) is 4.81. The summed E-state index contributed by atoms with van der Waals surface area (Å²) in [4.78, 5) is 23.4. The van der Waals surface area contributed by atoms with Crippen molar-refractivity contribution < 1.29 is 9.90 Å². The van der Waals surface area contributed by atoms with E-state index in [0.717, 1.165) is 17.5 Å². The molecule has 19 heavy (non-hydrogen) atoms. The third-order valence-corrected chi connectivity index (χ3v) is 3.55. The number of hydrogen-bond donors (Lipinski definition) is 1. The van der Waals surface area contributed by atoms with Gasteiger partial charge in [-0.15, -0.1) is 0 Å². The summed E-state index contributed by atoms with van der Waals surface area (Å²) in [6, 6.07) is 5.55. The fraction of sp³-hybridized carbons (Fsp3) is 0.333. The maximum atomic E-state index is 12.2. The van der Waals surface area contributed by atoms with Crippen molar-refractivity contribution in [2.45, 2.75) is 33.2 Å². The van der Waals surface area contributed by atoms with Crippen LogP contribution in [-0.2, 0) is 0 Å². The monoisotopic (exact) mass is 259 g/mol. The second kappa shape index (κ2) is 4.88. The van der Waals surface area contributed by atoms with Crippen molar-refractivity contribution >= 4 is 16.9 Å². The topological polar surface area (TPSA) is 59.3 Å². The molecule has 1 aromatic carbocycles. The molecule has 0 amide bonds. The van der Waals surface area contributed by atoms with E-state index >= 15 is 0 Å². The van der Waals surface area contributed by atoms with Crippen molar-refractivity contribution in [1.82, 2.24) is 4.57 Å². The van der Waals surface area contributed by atoms with Gasteiger partial charge in [0.15, 0.2) is 0 Å². The Kier molecular flexibility index (Phi) is 3.42. The van der Waals surface area contributed by atoms with Crippen LogP contribution in [0.4, 0.5) is 0 Å². The van der Waals surface area contributed by atoms with Crippen LogP contribution in [0.3, 0.4) is 0 Å². The van der Waals surface area contributed by atoms with Gasteiger partial charge in [-0.3, -0.25) is 4.79 Å². The van der Waals surface area contributed by atoms with Gasteiger partial charge in [0.25, 0.3) is 0 Å². The molecule has 1 heterocycles. The predicted molar refractivity (Wildman–Crippen MR) is 74.9 cm³/mol. The van der Waals surface area contributed by atoms with Gasteiger partial charge in [0.05, 0.1) is 5.52 Å². The van der Waals surface area contributed by atoms with Crippen molar-refractivity contribution in [3.63, 3.8) is 0 Å². The molecule has 1 atom stereocenters. The molecule has 1 unspecified atom stereocenters. The van der Waals surface area contributed by atoms with Crippen LogP contribution in [-0.4, -0.2) is 15.6 Å². The van der Waals surface area contributed by atoms with Gasteiger partial charge in [0, 0.05) is 17.6 Å². The number of fused-ring (bicyclic) bond motifs is 1. The van der Waals surface area contributed by atoms with E-state index in [1.165, 1.54) is 6.20 Å². The number of aromatic carboxylic acids is 1. The van der Waals surface area contributed by atoms with Gasteiger partial charge in [0.1, 0.15) is 5.56 Å². The van der Waals surface area contributed by atoms with Gasteiger partial charge < -0.3 is 9.67 Å². The molecule has 0 saturated carbocycles. The van der Waals surface area contributed by atoms with Gasteiger partial charge in [0.2, 0.25) is 5.43 Å². The first kappa shape index (κ1) is 13.3. The van der Waals surface area contributed by atoms with E-state index in [9.17, 15) is 9.59 Å². The molecule has 0 radical (unpaired) electrons. The normalized spacial score (nSPS) is 12.6. The Balaban J connectivity index is 2.97. The van der Waals surface area contributed by atoms with Crippen LogP contribution in [0.15, 0.2) is 29.2 Å². The molecule has 0 aliphatic rings. The Morgan fingerprint density at radius 2 is 2.11 bits per heavy atom. The summed E-state index contributed by atoms with van der Waals surface area (Å²) in [5, 5.41) is 9.63. The zero-order valence-corrected chi connectivity index (χ0v) is 11.3. The van der Waals surface area contributed by atoms with E-state index in [0.29, 0.717) is 5.39 Å². The molecule has 0 spiro atoms. The number of pyridine rings is 1. The molecule has 1 aromatic heterocycles. The van der Waals surface area contributed by atoms with Gasteiger partial charge in [-0.25, -0.2) is 4.79 Å². The molecular formula is C15H17NO3. The number of carboxylic acids is 1. The van der Waals surface area contributed by atoms with Gasteiger partial charge in [-0.2, -0.15) is 0 Å². The van der Waals surface area contributed by atoms with Crippen molar-refractivity contribution in [3.8, 4) is 0 Å². The highest BCUT2D eigenvalue weighted by Gasteiger charge is 2.17. The maximum Gasteiger partial charge on any atom is 0.341 e. The summed E-state index contributed by atoms with van der Waals surface area (Å²) in [6.07, 6.45) is 2.33. The Morgan fingerprint density at radius 1 is 1.42 bits per heavy atom. The zero-order chi connectivity index (χ0) is 14.2. The number of para-hydroxylation sites is 1. The minimum Gasteiger partial charge on any atom is -0.477 e. The summed E-state index contributed by atoms with van der Waals surface area (Å²) < 4.78 is 1.90. The highest BCUT2D eigenvalue weighted by atomic mass is 16.4. The summed E-state index contributed by atoms with van der Waals surface area (Å²) in [7, 11) is 0. The standard InChI is InChI=1S/C15H17NO3/c1-4-10(3)16-8-12(15(18)19)14(17)11-7-5-6-9(2)13(11)16/h5-8,10H,4H2,1-3H3,(H,18,19). The van der Waals surface area contributed by atoms with Crippen LogP contribution >= 0.6 is 0 Å². The Bertz CT molecular complexity index is 700. The van der Waals surface area contributed by atoms with E-state index < -0.39 is 11.4 Å². The molecule has 4 nitrogen and oxygen atoms in total. The summed E-state index contributed by atoms with van der Waals surface area (Å²) in [5.74, 6) is -1.18. The lowest BCUT2D eigenvalue weighted by atomic mass is 10.1. The lowest BCUT2D eigenvalue weighted by Crippen LogP contribution is -2.20. The van der Waals surface area contributed by atoms with Crippen LogP contribution in [0, 0.1) is 6.92 Å². The van der Waals surface area contributed by atoms with E-state index in [4.69, 9.17) is 5.11 Å². The molecule has 1 N–H and O–H groups in total. The van der Waals surface area contributed by atoms with Crippen LogP contribution in [0.2, 0.25) is 0 Å². The minimum absolute atomic E-state index is 0.141. The van der Waals surface area contributed by atoms with Gasteiger partial charge in [-0.05, 0) is 31.9 Å². The molecular weight excluding hydrogens is 242 g/mol. The van der Waals surface area contributed by atoms with E-state index in [-0.39, 0.29) is 11.6 Å². The number of carbonyl (C=O) groups is 1. The fourth-order valence-corrected chi connectivity index (χ4v) is 2.29. The third-order valence-electron chi connectivity index (χ3n) is 3.55. The lowest BCUT2D eigenvalue weighted by Gasteiger charge is -2.19. The SMILES string of the molecule is CCC(C)n1cc(C(=O)O)c(=O)c2cccc(C)c21. The zero-order valence-electron chi connectivity index (χ0n) is 11.3. The van der Waals surface area contributed by atoms with Crippen molar-refractivity contribution in [2.75, 3.05) is 0 Å². The van der Waals surface area contributed by atoms with Crippen molar-refractivity contribution in [3.05, 3.63) is 45.7 Å². The number of aryl methyl sites for hydroxylation is 1. The molecule has 100 valence electrons. The second-order valence-corrected chi connectivity index (χ2v) is 4.81. The Morgan fingerprint density at radius 3 is 2.68 bits per heavy atom. The molecule has 2 aromatic rings. The molecule has 0 aliphatic carbocycles. The number of benzene rings is 1. The van der Waals surface area contributed by atoms with Crippen molar-refractivity contribution in [2.24, 2.45) is 0 Å². The quantitative estimate of drug-likeness (QED) is 0.921. The van der Waals surface area contributed by atoms with Crippen LogP contribution in [0.25, 0.3) is 10.9 Å². The fourth-order valence-electron chi connectivity index (χ4n) is 2.29.